The zero-order valence-corrected chi connectivity index (χ0v) is 15.4. The topological polar surface area (TPSA) is 74.9 Å². The van der Waals surface area contributed by atoms with Crippen molar-refractivity contribution in [2.24, 2.45) is 0 Å². The zero-order chi connectivity index (χ0) is 18.7. The number of hydrogen-bond donors (Lipinski definition) is 2. The van der Waals surface area contributed by atoms with Crippen LogP contribution in [-0.4, -0.2) is 47.3 Å². The highest BCUT2D eigenvalue weighted by Gasteiger charge is 2.42. The van der Waals surface area contributed by atoms with E-state index in [9.17, 15) is 9.90 Å². The van der Waals surface area contributed by atoms with Gasteiger partial charge in [-0.25, -0.2) is 0 Å². The first-order chi connectivity index (χ1) is 13.1. The molecule has 2 aliphatic rings. The Hall–Kier alpha value is -2.31. The second kappa shape index (κ2) is 7.74. The van der Waals surface area contributed by atoms with E-state index in [-0.39, 0.29) is 17.6 Å². The maximum Gasteiger partial charge on any atom is 0.287 e. The van der Waals surface area contributed by atoms with E-state index < -0.39 is 0 Å². The summed E-state index contributed by atoms with van der Waals surface area (Å²) in [4.78, 5) is 14.4. The maximum atomic E-state index is 12.0. The highest BCUT2D eigenvalue weighted by atomic mass is 16.5. The van der Waals surface area contributed by atoms with Gasteiger partial charge in [0.2, 0.25) is 0 Å². The quantitative estimate of drug-likeness (QED) is 0.846. The van der Waals surface area contributed by atoms with Crippen LogP contribution in [0.4, 0.5) is 0 Å². The summed E-state index contributed by atoms with van der Waals surface area (Å²) >= 11 is 0. The van der Waals surface area contributed by atoms with Gasteiger partial charge >= 0.3 is 0 Å². The molecule has 1 amide bonds. The molecule has 2 aliphatic heterocycles. The van der Waals surface area contributed by atoms with Crippen LogP contribution in [-0.2, 0) is 11.3 Å². The summed E-state index contributed by atoms with van der Waals surface area (Å²) in [7, 11) is 0. The van der Waals surface area contributed by atoms with Gasteiger partial charge in [0.25, 0.3) is 5.91 Å². The molecule has 2 N–H and O–H groups in total. The smallest absolute Gasteiger partial charge is 0.287 e. The van der Waals surface area contributed by atoms with E-state index in [0.29, 0.717) is 18.1 Å². The molecule has 1 unspecified atom stereocenters. The normalized spacial score (nSPS) is 22.1. The van der Waals surface area contributed by atoms with Gasteiger partial charge in [-0.2, -0.15) is 0 Å². The minimum absolute atomic E-state index is 0.0362. The molecule has 0 aliphatic carbocycles. The molecular formula is C21H26N2O4. The number of nitrogens with zero attached hydrogens (tertiary/aromatic N) is 1. The summed E-state index contributed by atoms with van der Waals surface area (Å²) in [5.74, 6) is 0.458. The number of benzene rings is 1. The van der Waals surface area contributed by atoms with E-state index in [2.05, 4.69) is 10.2 Å². The fourth-order valence-electron chi connectivity index (χ4n) is 4.09. The first kappa shape index (κ1) is 18.1. The molecule has 1 atom stereocenters. The summed E-state index contributed by atoms with van der Waals surface area (Å²) in [5.41, 5.74) is 1.18. The Bertz CT molecular complexity index is 749. The highest BCUT2D eigenvalue weighted by Crippen LogP contribution is 2.39. The van der Waals surface area contributed by atoms with Crippen molar-refractivity contribution in [2.75, 3.05) is 19.6 Å². The third-order valence-corrected chi connectivity index (χ3v) is 5.68. The molecule has 1 aromatic heterocycles. The number of carbonyl (C=O) groups excluding carboxylic acids is 1. The SMILES string of the molecule is O=C(NCC1CCC2(CCN(Cc3ccc(O)cc3)CC2)O1)c1ccco1. The number of nitrogens with one attached hydrogen (secondary N) is 1. The fraction of sp³-hybridized carbons (Fsp3) is 0.476. The lowest BCUT2D eigenvalue weighted by Gasteiger charge is -2.39. The monoisotopic (exact) mass is 370 g/mol. The summed E-state index contributed by atoms with van der Waals surface area (Å²) in [6.45, 7) is 3.44. The molecule has 1 aromatic carbocycles. The predicted octanol–water partition coefficient (Wildman–Crippen LogP) is 2.93. The molecule has 3 heterocycles. The first-order valence-corrected chi connectivity index (χ1v) is 9.62. The molecule has 1 spiro atoms. The van der Waals surface area contributed by atoms with Gasteiger partial charge in [-0.3, -0.25) is 9.69 Å². The zero-order valence-electron chi connectivity index (χ0n) is 15.4. The average Bonchev–Trinajstić information content (AvgIpc) is 3.35. The first-order valence-electron chi connectivity index (χ1n) is 9.62. The van der Waals surface area contributed by atoms with Crippen LogP contribution in [0.5, 0.6) is 5.75 Å². The Morgan fingerprint density at radius 3 is 2.67 bits per heavy atom. The molecule has 0 bridgehead atoms. The van der Waals surface area contributed by atoms with E-state index >= 15 is 0 Å². The molecular weight excluding hydrogens is 344 g/mol. The number of amides is 1. The summed E-state index contributed by atoms with van der Waals surface area (Å²) in [6.07, 6.45) is 5.66. The van der Waals surface area contributed by atoms with Gasteiger partial charge in [-0.1, -0.05) is 12.1 Å². The summed E-state index contributed by atoms with van der Waals surface area (Å²) < 4.78 is 11.5. The Morgan fingerprint density at radius 2 is 1.96 bits per heavy atom. The van der Waals surface area contributed by atoms with Crippen LogP contribution in [0.3, 0.4) is 0 Å². The summed E-state index contributed by atoms with van der Waals surface area (Å²) in [5, 5.41) is 12.3. The Morgan fingerprint density at radius 1 is 1.19 bits per heavy atom. The van der Waals surface area contributed by atoms with Crippen molar-refractivity contribution in [3.63, 3.8) is 0 Å². The second-order valence-corrected chi connectivity index (χ2v) is 7.59. The number of rotatable bonds is 5. The van der Waals surface area contributed by atoms with Crippen LogP contribution in [0.25, 0.3) is 0 Å². The molecule has 6 heteroatoms. The number of carbonyl (C=O) groups is 1. The van der Waals surface area contributed by atoms with Gasteiger partial charge in [0.1, 0.15) is 5.75 Å². The number of likely N-dealkylation sites (tertiary alicyclic amines) is 1. The van der Waals surface area contributed by atoms with Crippen LogP contribution in [0.1, 0.15) is 41.8 Å². The Balaban J connectivity index is 1.23. The van der Waals surface area contributed by atoms with Crippen LogP contribution < -0.4 is 5.32 Å². The summed E-state index contributed by atoms with van der Waals surface area (Å²) in [6, 6.07) is 10.8. The van der Waals surface area contributed by atoms with E-state index in [1.165, 1.54) is 11.8 Å². The molecule has 4 rings (SSSR count). The third kappa shape index (κ3) is 4.34. The van der Waals surface area contributed by atoms with Gasteiger partial charge in [0, 0.05) is 26.2 Å². The van der Waals surface area contributed by atoms with Crippen molar-refractivity contribution in [2.45, 2.75) is 43.9 Å². The maximum absolute atomic E-state index is 12.0. The largest absolute Gasteiger partial charge is 0.508 e. The number of phenols is 1. The van der Waals surface area contributed by atoms with Crippen molar-refractivity contribution >= 4 is 5.91 Å². The molecule has 2 fully saturated rings. The van der Waals surface area contributed by atoms with Crippen LogP contribution in [0.2, 0.25) is 0 Å². The van der Waals surface area contributed by atoms with Crippen molar-refractivity contribution in [3.05, 3.63) is 54.0 Å². The Labute approximate surface area is 159 Å². The lowest BCUT2D eigenvalue weighted by Crippen LogP contribution is -2.44. The van der Waals surface area contributed by atoms with Gasteiger partial charge in [-0.05, 0) is 55.5 Å². The van der Waals surface area contributed by atoms with E-state index in [0.717, 1.165) is 45.3 Å². The number of ether oxygens (including phenoxy) is 1. The van der Waals surface area contributed by atoms with Gasteiger partial charge < -0.3 is 19.6 Å². The number of aromatic hydroxyl groups is 1. The van der Waals surface area contributed by atoms with Crippen LogP contribution in [0, 0.1) is 0 Å². The standard InChI is InChI=1S/C21H26N2O4/c24-17-5-3-16(4-6-17)15-23-11-9-21(10-12-23)8-7-18(27-21)14-22-20(25)19-2-1-13-26-19/h1-6,13,18,24H,7-12,14-15H2,(H,22,25). The van der Waals surface area contributed by atoms with E-state index in [1.807, 2.05) is 12.1 Å². The molecule has 0 radical (unpaired) electrons. The average molecular weight is 370 g/mol. The van der Waals surface area contributed by atoms with E-state index in [1.54, 1.807) is 24.3 Å². The number of hydrogen-bond acceptors (Lipinski definition) is 5. The van der Waals surface area contributed by atoms with Crippen LogP contribution in [0.15, 0.2) is 47.1 Å². The number of furan rings is 1. The fourth-order valence-corrected chi connectivity index (χ4v) is 4.09. The minimum Gasteiger partial charge on any atom is -0.508 e. The highest BCUT2D eigenvalue weighted by molar-refractivity contribution is 5.91. The third-order valence-electron chi connectivity index (χ3n) is 5.68. The van der Waals surface area contributed by atoms with Crippen molar-refractivity contribution in [1.29, 1.82) is 0 Å². The van der Waals surface area contributed by atoms with Gasteiger partial charge in [-0.15, -0.1) is 0 Å². The predicted molar refractivity (Wildman–Crippen MR) is 100 cm³/mol. The second-order valence-electron chi connectivity index (χ2n) is 7.59. The number of piperidine rings is 1. The molecule has 0 saturated carbocycles. The van der Waals surface area contributed by atoms with Crippen LogP contribution >= 0.6 is 0 Å². The Kier molecular flexibility index (Phi) is 5.18. The molecule has 27 heavy (non-hydrogen) atoms. The molecule has 6 nitrogen and oxygen atoms in total. The van der Waals surface area contributed by atoms with Crippen molar-refractivity contribution in [3.8, 4) is 5.75 Å². The molecule has 144 valence electrons. The van der Waals surface area contributed by atoms with Crippen molar-refractivity contribution < 1.29 is 19.1 Å². The van der Waals surface area contributed by atoms with Gasteiger partial charge in [0.15, 0.2) is 5.76 Å². The number of phenolic OH excluding ortho intramolecular Hbond substituents is 1. The van der Waals surface area contributed by atoms with Gasteiger partial charge in [0.05, 0.1) is 18.0 Å². The molecule has 2 aromatic rings. The molecule has 2 saturated heterocycles. The van der Waals surface area contributed by atoms with E-state index in [4.69, 9.17) is 9.15 Å². The lowest BCUT2D eigenvalue weighted by molar-refractivity contribution is -0.0764. The lowest BCUT2D eigenvalue weighted by atomic mass is 9.88. The van der Waals surface area contributed by atoms with Crippen molar-refractivity contribution in [1.82, 2.24) is 10.2 Å². The minimum atomic E-state index is -0.187.